The molecule has 0 aromatic heterocycles. The fourth-order valence-corrected chi connectivity index (χ4v) is 1.28. The van der Waals surface area contributed by atoms with Crippen LogP contribution in [0.5, 0.6) is 0 Å². The zero-order chi connectivity index (χ0) is 13.8. The number of hydrogen-bond acceptors (Lipinski definition) is 4. The third-order valence-electron chi connectivity index (χ3n) is 2.22. The lowest BCUT2D eigenvalue weighted by Gasteiger charge is -2.15. The molecule has 0 fully saturated rings. The molecule has 0 aliphatic rings. The van der Waals surface area contributed by atoms with Gasteiger partial charge in [-0.3, -0.25) is 0 Å². The number of rotatable bonds is 4. The molecule has 0 aliphatic carbocycles. The number of carbonyl (C=O) groups is 1. The number of anilines is 1. The van der Waals surface area contributed by atoms with Crippen LogP contribution in [-0.2, 0) is 15.7 Å². The van der Waals surface area contributed by atoms with Gasteiger partial charge in [-0.2, -0.15) is 13.2 Å². The first kappa shape index (κ1) is 14.3. The van der Waals surface area contributed by atoms with Crippen LogP contribution >= 0.6 is 0 Å². The topological polar surface area (TPSA) is 58.6 Å². The van der Waals surface area contributed by atoms with E-state index < -0.39 is 30.4 Å². The number of esters is 1. The molecular formula is C11H12F3NO3. The summed E-state index contributed by atoms with van der Waals surface area (Å²) in [7, 11) is 1.15. The van der Waals surface area contributed by atoms with Gasteiger partial charge in [-0.05, 0) is 24.3 Å². The number of hydrogen-bond donors (Lipinski definition) is 2. The van der Waals surface area contributed by atoms with Gasteiger partial charge in [0.05, 0.1) is 19.3 Å². The highest BCUT2D eigenvalue weighted by molar-refractivity contribution is 5.79. The van der Waals surface area contributed by atoms with Crippen LogP contribution in [0, 0.1) is 0 Å². The summed E-state index contributed by atoms with van der Waals surface area (Å²) < 4.78 is 41.3. The van der Waals surface area contributed by atoms with Gasteiger partial charge in [-0.25, -0.2) is 4.79 Å². The molecule has 100 valence electrons. The Labute approximate surface area is 101 Å². The standard InChI is InChI=1S/C11H12F3NO3/c1-18-10(17)9(6-16)15-8-4-2-7(3-5-8)11(12,13)14/h2-5,9,15-16H,6H2,1H3. The van der Waals surface area contributed by atoms with Crippen molar-refractivity contribution in [2.75, 3.05) is 19.0 Å². The molecule has 0 bridgehead atoms. The van der Waals surface area contributed by atoms with E-state index in [-0.39, 0.29) is 5.69 Å². The fraction of sp³-hybridized carbons (Fsp3) is 0.364. The molecule has 0 saturated heterocycles. The molecule has 7 heteroatoms. The predicted octanol–water partition coefficient (Wildman–Crippen LogP) is 1.65. The lowest BCUT2D eigenvalue weighted by molar-refractivity contribution is -0.142. The molecule has 0 spiro atoms. The largest absolute Gasteiger partial charge is 0.467 e. The third-order valence-corrected chi connectivity index (χ3v) is 2.22. The Kier molecular flexibility index (Phi) is 4.55. The number of benzene rings is 1. The van der Waals surface area contributed by atoms with Crippen molar-refractivity contribution in [1.29, 1.82) is 0 Å². The summed E-state index contributed by atoms with van der Waals surface area (Å²) in [5, 5.41) is 11.5. The molecule has 1 unspecified atom stereocenters. The zero-order valence-electron chi connectivity index (χ0n) is 9.49. The summed E-state index contributed by atoms with van der Waals surface area (Å²) in [6.45, 7) is -0.520. The average Bonchev–Trinajstić information content (AvgIpc) is 2.34. The van der Waals surface area contributed by atoms with E-state index >= 15 is 0 Å². The second-order valence-electron chi connectivity index (χ2n) is 3.48. The molecule has 2 N–H and O–H groups in total. The Balaban J connectivity index is 2.77. The number of nitrogens with one attached hydrogen (secondary N) is 1. The van der Waals surface area contributed by atoms with E-state index in [0.717, 1.165) is 19.2 Å². The number of aliphatic hydroxyl groups is 1. The van der Waals surface area contributed by atoms with E-state index in [1.807, 2.05) is 0 Å². The monoisotopic (exact) mass is 263 g/mol. The molecule has 1 atom stereocenters. The van der Waals surface area contributed by atoms with Gasteiger partial charge in [0.25, 0.3) is 0 Å². The molecule has 0 aliphatic heterocycles. The zero-order valence-corrected chi connectivity index (χ0v) is 9.49. The van der Waals surface area contributed by atoms with Crippen LogP contribution in [0.4, 0.5) is 18.9 Å². The Bertz CT molecular complexity index is 403. The average molecular weight is 263 g/mol. The quantitative estimate of drug-likeness (QED) is 0.811. The molecule has 0 radical (unpaired) electrons. The van der Waals surface area contributed by atoms with Crippen molar-refractivity contribution < 1.29 is 27.8 Å². The van der Waals surface area contributed by atoms with Crippen molar-refractivity contribution in [3.63, 3.8) is 0 Å². The summed E-state index contributed by atoms with van der Waals surface area (Å²) in [4.78, 5) is 11.1. The van der Waals surface area contributed by atoms with E-state index in [2.05, 4.69) is 10.1 Å². The van der Waals surface area contributed by atoms with Gasteiger partial charge in [-0.15, -0.1) is 0 Å². The minimum Gasteiger partial charge on any atom is -0.467 e. The summed E-state index contributed by atoms with van der Waals surface area (Å²) in [6, 6.07) is 3.11. The normalized spacial score (nSPS) is 12.9. The van der Waals surface area contributed by atoms with Crippen molar-refractivity contribution in [2.45, 2.75) is 12.2 Å². The second kappa shape index (κ2) is 5.72. The van der Waals surface area contributed by atoms with Crippen molar-refractivity contribution in [1.82, 2.24) is 0 Å². The summed E-state index contributed by atoms with van der Waals surface area (Å²) in [6.07, 6.45) is -4.41. The smallest absolute Gasteiger partial charge is 0.416 e. The van der Waals surface area contributed by atoms with Crippen LogP contribution in [0.15, 0.2) is 24.3 Å². The lowest BCUT2D eigenvalue weighted by atomic mass is 10.2. The maximum atomic E-state index is 12.3. The Morgan fingerprint density at radius 1 is 1.39 bits per heavy atom. The Morgan fingerprint density at radius 3 is 2.33 bits per heavy atom. The van der Waals surface area contributed by atoms with Crippen LogP contribution < -0.4 is 5.32 Å². The van der Waals surface area contributed by atoms with Crippen LogP contribution in [-0.4, -0.2) is 30.8 Å². The highest BCUT2D eigenvalue weighted by Gasteiger charge is 2.30. The first-order valence-corrected chi connectivity index (χ1v) is 5.01. The van der Waals surface area contributed by atoms with Gasteiger partial charge in [0.2, 0.25) is 0 Å². The number of aliphatic hydroxyl groups excluding tert-OH is 1. The number of alkyl halides is 3. The van der Waals surface area contributed by atoms with Crippen molar-refractivity contribution in [2.24, 2.45) is 0 Å². The van der Waals surface area contributed by atoms with Crippen molar-refractivity contribution in [3.05, 3.63) is 29.8 Å². The van der Waals surface area contributed by atoms with Crippen LogP contribution in [0.1, 0.15) is 5.56 Å². The summed E-state index contributed by atoms with van der Waals surface area (Å²) >= 11 is 0. The number of carbonyl (C=O) groups excluding carboxylic acids is 1. The third kappa shape index (κ3) is 3.63. The van der Waals surface area contributed by atoms with Crippen molar-refractivity contribution in [3.8, 4) is 0 Å². The van der Waals surface area contributed by atoms with E-state index in [1.165, 1.54) is 12.1 Å². The van der Waals surface area contributed by atoms with E-state index in [4.69, 9.17) is 5.11 Å². The van der Waals surface area contributed by atoms with Gasteiger partial charge in [0, 0.05) is 5.69 Å². The maximum Gasteiger partial charge on any atom is 0.416 e. The van der Waals surface area contributed by atoms with E-state index in [9.17, 15) is 18.0 Å². The summed E-state index contributed by atoms with van der Waals surface area (Å²) in [5.74, 6) is -0.697. The molecule has 0 saturated carbocycles. The molecule has 18 heavy (non-hydrogen) atoms. The molecule has 1 aromatic rings. The molecular weight excluding hydrogens is 251 g/mol. The van der Waals surface area contributed by atoms with Crippen LogP contribution in [0.3, 0.4) is 0 Å². The number of halogens is 3. The van der Waals surface area contributed by atoms with Gasteiger partial charge in [0.1, 0.15) is 6.04 Å². The molecule has 4 nitrogen and oxygen atoms in total. The van der Waals surface area contributed by atoms with E-state index in [0.29, 0.717) is 0 Å². The molecule has 1 aromatic carbocycles. The highest BCUT2D eigenvalue weighted by Crippen LogP contribution is 2.29. The molecule has 0 amide bonds. The first-order chi connectivity index (χ1) is 8.38. The fourth-order valence-electron chi connectivity index (χ4n) is 1.28. The van der Waals surface area contributed by atoms with Crippen molar-refractivity contribution >= 4 is 11.7 Å². The Hall–Kier alpha value is -1.76. The number of methoxy groups -OCH3 is 1. The SMILES string of the molecule is COC(=O)C(CO)Nc1ccc(C(F)(F)F)cc1. The number of ether oxygens (including phenoxy) is 1. The van der Waals surface area contributed by atoms with E-state index in [1.54, 1.807) is 0 Å². The Morgan fingerprint density at radius 2 is 1.94 bits per heavy atom. The van der Waals surface area contributed by atoms with Gasteiger partial charge < -0.3 is 15.2 Å². The maximum absolute atomic E-state index is 12.3. The summed E-state index contributed by atoms with van der Waals surface area (Å²) in [5.41, 5.74) is -0.501. The lowest BCUT2D eigenvalue weighted by Crippen LogP contribution is -2.34. The minimum atomic E-state index is -4.41. The predicted molar refractivity (Wildman–Crippen MR) is 58.0 cm³/mol. The van der Waals surface area contributed by atoms with Crippen LogP contribution in [0.2, 0.25) is 0 Å². The highest BCUT2D eigenvalue weighted by atomic mass is 19.4. The van der Waals surface area contributed by atoms with Gasteiger partial charge >= 0.3 is 12.1 Å². The molecule has 0 heterocycles. The first-order valence-electron chi connectivity index (χ1n) is 5.01. The van der Waals surface area contributed by atoms with Gasteiger partial charge in [0.15, 0.2) is 0 Å². The minimum absolute atomic E-state index is 0.285. The second-order valence-corrected chi connectivity index (χ2v) is 3.48. The van der Waals surface area contributed by atoms with Gasteiger partial charge in [-0.1, -0.05) is 0 Å². The molecule has 1 rings (SSSR count). The van der Waals surface area contributed by atoms with Crippen LogP contribution in [0.25, 0.3) is 0 Å².